The molecule has 0 aliphatic carbocycles. The Balaban J connectivity index is 1.73. The number of hydrogen-bond acceptors (Lipinski definition) is 4. The first-order valence-corrected chi connectivity index (χ1v) is 8.94. The molecule has 0 atom stereocenters. The molecule has 0 unspecified atom stereocenters. The van der Waals surface area contributed by atoms with Crippen molar-refractivity contribution in [2.24, 2.45) is 0 Å². The van der Waals surface area contributed by atoms with E-state index in [1.807, 2.05) is 39.0 Å². The highest BCUT2D eigenvalue weighted by molar-refractivity contribution is 5.56. The molecular weight excluding hydrogens is 343 g/mol. The van der Waals surface area contributed by atoms with Gasteiger partial charge in [0.25, 0.3) is 5.56 Å². The van der Waals surface area contributed by atoms with Crippen LogP contribution in [0.4, 0.5) is 10.2 Å². The lowest BCUT2D eigenvalue weighted by molar-refractivity contribution is 0.545. The van der Waals surface area contributed by atoms with Gasteiger partial charge in [-0.15, -0.1) is 0 Å². The van der Waals surface area contributed by atoms with Crippen LogP contribution in [0, 0.1) is 5.82 Å². The van der Waals surface area contributed by atoms with E-state index in [1.54, 1.807) is 18.3 Å². The van der Waals surface area contributed by atoms with Gasteiger partial charge in [-0.25, -0.2) is 14.4 Å². The molecule has 140 valence electrons. The minimum atomic E-state index is -0.259. The summed E-state index contributed by atoms with van der Waals surface area (Å²) in [6, 6.07) is 11.8. The number of nitrogens with zero attached hydrogens (tertiary/aromatic N) is 2. The van der Waals surface area contributed by atoms with Crippen LogP contribution in [0.1, 0.15) is 32.0 Å². The number of aryl methyl sites for hydroxylation is 1. The number of hydrogen-bond donors (Lipinski definition) is 2. The van der Waals surface area contributed by atoms with Gasteiger partial charge in [-0.2, -0.15) is 0 Å². The van der Waals surface area contributed by atoms with Gasteiger partial charge in [-0.05, 0) is 36.2 Å². The summed E-state index contributed by atoms with van der Waals surface area (Å²) in [6.45, 7) is 6.66. The minimum absolute atomic E-state index is 0.170. The first kappa shape index (κ1) is 18.8. The first-order valence-electron chi connectivity index (χ1n) is 8.94. The molecule has 0 aliphatic heterocycles. The second kappa shape index (κ2) is 7.70. The van der Waals surface area contributed by atoms with Gasteiger partial charge < -0.3 is 10.3 Å². The van der Waals surface area contributed by atoms with Crippen molar-refractivity contribution in [1.82, 2.24) is 15.0 Å². The predicted molar refractivity (Wildman–Crippen MR) is 105 cm³/mol. The summed E-state index contributed by atoms with van der Waals surface area (Å²) in [5.74, 6) is 0.981. The normalized spacial score (nSPS) is 11.4. The monoisotopic (exact) mass is 366 g/mol. The maximum atomic E-state index is 13.5. The van der Waals surface area contributed by atoms with E-state index in [1.165, 1.54) is 12.1 Å². The molecule has 0 bridgehead atoms. The van der Waals surface area contributed by atoms with Crippen molar-refractivity contribution in [1.29, 1.82) is 0 Å². The molecule has 0 aliphatic rings. The molecular formula is C21H23FN4O. The summed E-state index contributed by atoms with van der Waals surface area (Å²) in [5, 5.41) is 3.29. The third-order valence-corrected chi connectivity index (χ3v) is 4.51. The molecule has 0 saturated carbocycles. The molecule has 27 heavy (non-hydrogen) atoms. The van der Waals surface area contributed by atoms with E-state index in [9.17, 15) is 9.18 Å². The lowest BCUT2D eigenvalue weighted by Gasteiger charge is -2.26. The Morgan fingerprint density at radius 3 is 2.67 bits per heavy atom. The van der Waals surface area contributed by atoms with Crippen LogP contribution in [0.2, 0.25) is 0 Å². The zero-order valence-corrected chi connectivity index (χ0v) is 15.7. The van der Waals surface area contributed by atoms with Crippen molar-refractivity contribution in [3.63, 3.8) is 0 Å². The number of nitrogens with one attached hydrogen (secondary N) is 2. The van der Waals surface area contributed by atoms with E-state index < -0.39 is 0 Å². The SMILES string of the molecule is CCc1cc(=O)[nH]c(-c2ccc(NCC(C)(C)c3cccc(F)c3)nc2)n1. The van der Waals surface area contributed by atoms with Crippen molar-refractivity contribution in [3.05, 3.63) is 76.1 Å². The highest BCUT2D eigenvalue weighted by Gasteiger charge is 2.21. The Hall–Kier alpha value is -3.02. The number of rotatable bonds is 6. The van der Waals surface area contributed by atoms with Crippen molar-refractivity contribution < 1.29 is 4.39 Å². The van der Waals surface area contributed by atoms with Crippen molar-refractivity contribution in [3.8, 4) is 11.4 Å². The quantitative estimate of drug-likeness (QED) is 0.694. The Morgan fingerprint density at radius 2 is 2.00 bits per heavy atom. The summed E-state index contributed by atoms with van der Waals surface area (Å²) >= 11 is 0. The standard InChI is InChI=1S/C21H23FN4O/c1-4-17-11-19(27)26-20(25-17)14-8-9-18(23-12-14)24-13-21(2,3)15-6-5-7-16(22)10-15/h5-12H,4,13H2,1-3H3,(H,23,24)(H,25,26,27). The number of aromatic amines is 1. The van der Waals surface area contributed by atoms with Crippen molar-refractivity contribution in [2.75, 3.05) is 11.9 Å². The molecule has 5 nitrogen and oxygen atoms in total. The van der Waals surface area contributed by atoms with Crippen LogP contribution < -0.4 is 10.9 Å². The third kappa shape index (κ3) is 4.58. The summed E-state index contributed by atoms with van der Waals surface area (Å²) in [6.07, 6.45) is 2.37. The van der Waals surface area contributed by atoms with E-state index in [0.717, 1.165) is 16.8 Å². The molecule has 1 aromatic carbocycles. The second-order valence-electron chi connectivity index (χ2n) is 7.12. The molecule has 2 N–H and O–H groups in total. The number of pyridine rings is 1. The number of anilines is 1. The van der Waals surface area contributed by atoms with E-state index >= 15 is 0 Å². The molecule has 2 aromatic heterocycles. The molecule has 0 fully saturated rings. The Labute approximate surface area is 157 Å². The van der Waals surface area contributed by atoms with Crippen LogP contribution in [-0.2, 0) is 11.8 Å². The molecule has 3 aromatic rings. The van der Waals surface area contributed by atoms with Crippen molar-refractivity contribution in [2.45, 2.75) is 32.6 Å². The van der Waals surface area contributed by atoms with Gasteiger partial charge in [-0.3, -0.25) is 4.79 Å². The van der Waals surface area contributed by atoms with Gasteiger partial charge in [0, 0.05) is 35.5 Å². The maximum absolute atomic E-state index is 13.5. The van der Waals surface area contributed by atoms with E-state index in [2.05, 4.69) is 20.3 Å². The maximum Gasteiger partial charge on any atom is 0.251 e. The summed E-state index contributed by atoms with van der Waals surface area (Å²) < 4.78 is 13.5. The molecule has 0 radical (unpaired) electrons. The average molecular weight is 366 g/mol. The van der Waals surface area contributed by atoms with Gasteiger partial charge in [-0.1, -0.05) is 32.9 Å². The number of aromatic nitrogens is 3. The van der Waals surface area contributed by atoms with E-state index in [4.69, 9.17) is 0 Å². The molecule has 6 heteroatoms. The fourth-order valence-corrected chi connectivity index (χ4v) is 2.79. The van der Waals surface area contributed by atoms with Gasteiger partial charge in [0.2, 0.25) is 0 Å². The highest BCUT2D eigenvalue weighted by atomic mass is 19.1. The molecule has 0 spiro atoms. The predicted octanol–water partition coefficient (Wildman–Crippen LogP) is 3.92. The van der Waals surface area contributed by atoms with Crippen LogP contribution in [0.5, 0.6) is 0 Å². The minimum Gasteiger partial charge on any atom is -0.369 e. The molecule has 3 rings (SSSR count). The number of benzene rings is 1. The Kier molecular flexibility index (Phi) is 5.35. The van der Waals surface area contributed by atoms with E-state index in [-0.39, 0.29) is 16.8 Å². The van der Waals surface area contributed by atoms with Crippen LogP contribution in [-0.4, -0.2) is 21.5 Å². The fraction of sp³-hybridized carbons (Fsp3) is 0.286. The van der Waals surface area contributed by atoms with Crippen LogP contribution in [0.25, 0.3) is 11.4 Å². The van der Waals surface area contributed by atoms with Gasteiger partial charge in [0.1, 0.15) is 17.5 Å². The summed E-state index contributed by atoms with van der Waals surface area (Å²) in [5.41, 5.74) is 1.98. The largest absolute Gasteiger partial charge is 0.369 e. The average Bonchev–Trinajstić information content (AvgIpc) is 2.66. The number of H-pyrrole nitrogens is 1. The van der Waals surface area contributed by atoms with Gasteiger partial charge in [0.15, 0.2) is 0 Å². The second-order valence-corrected chi connectivity index (χ2v) is 7.12. The third-order valence-electron chi connectivity index (χ3n) is 4.51. The van der Waals surface area contributed by atoms with Crippen LogP contribution in [0.3, 0.4) is 0 Å². The zero-order chi connectivity index (χ0) is 19.4. The molecule has 0 saturated heterocycles. The van der Waals surface area contributed by atoms with Crippen LogP contribution >= 0.6 is 0 Å². The topological polar surface area (TPSA) is 70.7 Å². The summed E-state index contributed by atoms with van der Waals surface area (Å²) in [4.78, 5) is 23.3. The van der Waals surface area contributed by atoms with E-state index in [0.29, 0.717) is 24.6 Å². The first-order chi connectivity index (χ1) is 12.9. The smallest absolute Gasteiger partial charge is 0.251 e. The van der Waals surface area contributed by atoms with Gasteiger partial charge >= 0.3 is 0 Å². The zero-order valence-electron chi connectivity index (χ0n) is 15.7. The lowest BCUT2D eigenvalue weighted by atomic mass is 9.84. The van der Waals surface area contributed by atoms with Crippen molar-refractivity contribution >= 4 is 5.82 Å². The molecule has 0 amide bonds. The van der Waals surface area contributed by atoms with Crippen LogP contribution in [0.15, 0.2) is 53.5 Å². The highest BCUT2D eigenvalue weighted by Crippen LogP contribution is 2.24. The number of halogens is 1. The Bertz CT molecular complexity index is 980. The van der Waals surface area contributed by atoms with Gasteiger partial charge in [0.05, 0.1) is 0 Å². The lowest BCUT2D eigenvalue weighted by Crippen LogP contribution is -2.28. The Morgan fingerprint density at radius 1 is 1.19 bits per heavy atom. The summed E-state index contributed by atoms with van der Waals surface area (Å²) in [7, 11) is 0. The molecule has 2 heterocycles. The fourth-order valence-electron chi connectivity index (χ4n) is 2.79.